The van der Waals surface area contributed by atoms with Crippen molar-refractivity contribution >= 4 is 0 Å². The second-order valence-corrected chi connectivity index (χ2v) is 4.92. The van der Waals surface area contributed by atoms with E-state index in [-0.39, 0.29) is 0 Å². The average molecular weight is 298 g/mol. The van der Waals surface area contributed by atoms with Crippen LogP contribution in [0, 0.1) is 0 Å². The van der Waals surface area contributed by atoms with E-state index in [2.05, 4.69) is 42.2 Å². The minimum Gasteiger partial charge on any atom is -0.382 e. The molecule has 122 valence electrons. The first-order valence-electron chi connectivity index (χ1n) is 7.85. The summed E-state index contributed by atoms with van der Waals surface area (Å²) in [7, 11) is 1.67. The fourth-order valence-corrected chi connectivity index (χ4v) is 2.18. The molecule has 0 aromatic carbocycles. The van der Waals surface area contributed by atoms with Crippen LogP contribution in [0.3, 0.4) is 0 Å². The molecule has 1 atom stereocenters. The minimum absolute atomic E-state index is 0.450. The van der Waals surface area contributed by atoms with Crippen molar-refractivity contribution in [3.05, 3.63) is 24.0 Å². The van der Waals surface area contributed by atoms with E-state index in [4.69, 9.17) is 14.2 Å². The number of nitrogens with zero attached hydrogens (tertiary/aromatic N) is 1. The van der Waals surface area contributed by atoms with Gasteiger partial charge >= 0.3 is 0 Å². The SMILES string of the molecule is CCNC(CC)c1ccn(CCOCCOCCOC)c1. The fraction of sp³-hybridized carbons (Fsp3) is 0.750. The lowest BCUT2D eigenvalue weighted by Crippen LogP contribution is -2.19. The van der Waals surface area contributed by atoms with Gasteiger partial charge in [0.25, 0.3) is 0 Å². The zero-order chi connectivity index (χ0) is 15.3. The van der Waals surface area contributed by atoms with E-state index < -0.39 is 0 Å². The molecule has 1 rings (SSSR count). The summed E-state index contributed by atoms with van der Waals surface area (Å²) in [6.45, 7) is 9.45. The van der Waals surface area contributed by atoms with Gasteiger partial charge in [-0.1, -0.05) is 13.8 Å². The lowest BCUT2D eigenvalue weighted by Gasteiger charge is -2.14. The fourth-order valence-electron chi connectivity index (χ4n) is 2.18. The Morgan fingerprint density at radius 3 is 2.48 bits per heavy atom. The van der Waals surface area contributed by atoms with Crippen LogP contribution < -0.4 is 5.32 Å². The predicted octanol–water partition coefficient (Wildman–Crippen LogP) is 2.23. The third-order valence-electron chi connectivity index (χ3n) is 3.33. The molecule has 0 saturated heterocycles. The van der Waals surface area contributed by atoms with Crippen LogP contribution in [0.4, 0.5) is 0 Å². The zero-order valence-electron chi connectivity index (χ0n) is 13.6. The van der Waals surface area contributed by atoms with Crippen molar-refractivity contribution in [3.8, 4) is 0 Å². The van der Waals surface area contributed by atoms with Gasteiger partial charge in [0, 0.05) is 32.1 Å². The van der Waals surface area contributed by atoms with Crippen molar-refractivity contribution in [1.29, 1.82) is 0 Å². The quantitative estimate of drug-likeness (QED) is 0.567. The molecule has 0 radical (unpaired) electrons. The van der Waals surface area contributed by atoms with Crippen LogP contribution in [0.2, 0.25) is 0 Å². The number of nitrogens with one attached hydrogen (secondary N) is 1. The Morgan fingerprint density at radius 1 is 1.10 bits per heavy atom. The summed E-state index contributed by atoms with van der Waals surface area (Å²) in [6, 6.07) is 2.64. The van der Waals surface area contributed by atoms with E-state index in [0.717, 1.165) is 19.5 Å². The van der Waals surface area contributed by atoms with E-state index in [0.29, 0.717) is 39.1 Å². The van der Waals surface area contributed by atoms with Gasteiger partial charge < -0.3 is 24.1 Å². The molecule has 0 fully saturated rings. The molecule has 5 heteroatoms. The second kappa shape index (κ2) is 11.7. The van der Waals surface area contributed by atoms with Crippen molar-refractivity contribution in [2.75, 3.05) is 46.7 Å². The molecule has 0 bridgehead atoms. The Kier molecular flexibility index (Phi) is 10.2. The Morgan fingerprint density at radius 2 is 1.81 bits per heavy atom. The van der Waals surface area contributed by atoms with Crippen molar-refractivity contribution in [1.82, 2.24) is 9.88 Å². The summed E-state index contributed by atoms with van der Waals surface area (Å²) in [5, 5.41) is 3.49. The third kappa shape index (κ3) is 7.62. The highest BCUT2D eigenvalue weighted by Crippen LogP contribution is 2.16. The summed E-state index contributed by atoms with van der Waals surface area (Å²) in [4.78, 5) is 0. The molecule has 1 aromatic rings. The number of methoxy groups -OCH3 is 1. The van der Waals surface area contributed by atoms with Gasteiger partial charge in [-0.2, -0.15) is 0 Å². The molecule has 0 spiro atoms. The smallest absolute Gasteiger partial charge is 0.0701 e. The first-order chi connectivity index (χ1) is 10.3. The third-order valence-corrected chi connectivity index (χ3v) is 3.33. The summed E-state index contributed by atoms with van der Waals surface area (Å²) in [6.07, 6.45) is 5.43. The van der Waals surface area contributed by atoms with E-state index in [1.54, 1.807) is 7.11 Å². The minimum atomic E-state index is 0.450. The molecule has 0 aliphatic carbocycles. The Hall–Kier alpha value is -0.880. The normalized spacial score (nSPS) is 12.7. The Balaban J connectivity index is 2.14. The van der Waals surface area contributed by atoms with Crippen molar-refractivity contribution in [2.24, 2.45) is 0 Å². The molecule has 0 aliphatic heterocycles. The van der Waals surface area contributed by atoms with Gasteiger partial charge in [0.1, 0.15) is 0 Å². The first-order valence-corrected chi connectivity index (χ1v) is 7.85. The molecule has 5 nitrogen and oxygen atoms in total. The van der Waals surface area contributed by atoms with Crippen molar-refractivity contribution in [2.45, 2.75) is 32.9 Å². The van der Waals surface area contributed by atoms with Crippen molar-refractivity contribution in [3.63, 3.8) is 0 Å². The van der Waals surface area contributed by atoms with E-state index in [9.17, 15) is 0 Å². The highest BCUT2D eigenvalue weighted by molar-refractivity contribution is 5.15. The molecule has 1 heterocycles. The van der Waals surface area contributed by atoms with Gasteiger partial charge in [0.2, 0.25) is 0 Å². The predicted molar refractivity (Wildman–Crippen MR) is 84.7 cm³/mol. The van der Waals surface area contributed by atoms with E-state index >= 15 is 0 Å². The van der Waals surface area contributed by atoms with Crippen LogP contribution in [-0.2, 0) is 20.8 Å². The summed E-state index contributed by atoms with van der Waals surface area (Å²) < 4.78 is 18.0. The summed E-state index contributed by atoms with van der Waals surface area (Å²) in [5.41, 5.74) is 1.35. The number of ether oxygens (including phenoxy) is 3. The van der Waals surface area contributed by atoms with Gasteiger partial charge in [-0.15, -0.1) is 0 Å². The largest absolute Gasteiger partial charge is 0.382 e. The first kappa shape index (κ1) is 18.2. The molecule has 21 heavy (non-hydrogen) atoms. The molecular formula is C16H30N2O3. The van der Waals surface area contributed by atoms with E-state index in [1.807, 2.05) is 0 Å². The monoisotopic (exact) mass is 298 g/mol. The van der Waals surface area contributed by atoms with Crippen LogP contribution in [0.25, 0.3) is 0 Å². The van der Waals surface area contributed by atoms with Crippen LogP contribution in [0.15, 0.2) is 18.5 Å². The topological polar surface area (TPSA) is 44.7 Å². The second-order valence-electron chi connectivity index (χ2n) is 4.92. The highest BCUT2D eigenvalue weighted by Gasteiger charge is 2.08. The number of aromatic nitrogens is 1. The standard InChI is InChI=1S/C16H30N2O3/c1-4-16(17-5-2)15-6-7-18(14-15)8-9-20-12-13-21-11-10-19-3/h6-7,14,16-17H,4-5,8-13H2,1-3H3. The number of hydrogen-bond donors (Lipinski definition) is 1. The lowest BCUT2D eigenvalue weighted by molar-refractivity contribution is 0.0230. The van der Waals surface area contributed by atoms with Gasteiger partial charge in [-0.05, 0) is 24.6 Å². The summed E-state index contributed by atoms with van der Waals surface area (Å²) >= 11 is 0. The molecule has 0 amide bonds. The molecular weight excluding hydrogens is 268 g/mol. The van der Waals surface area contributed by atoms with Gasteiger partial charge in [0.05, 0.1) is 33.0 Å². The molecule has 1 unspecified atom stereocenters. The Bertz CT molecular complexity index is 355. The number of hydrogen-bond acceptors (Lipinski definition) is 4. The van der Waals surface area contributed by atoms with Crippen LogP contribution in [-0.4, -0.2) is 51.3 Å². The average Bonchev–Trinajstić information content (AvgIpc) is 2.96. The lowest BCUT2D eigenvalue weighted by atomic mass is 10.1. The molecule has 0 aliphatic rings. The van der Waals surface area contributed by atoms with Gasteiger partial charge in [-0.3, -0.25) is 0 Å². The van der Waals surface area contributed by atoms with E-state index in [1.165, 1.54) is 5.56 Å². The maximum atomic E-state index is 5.56. The zero-order valence-corrected chi connectivity index (χ0v) is 13.6. The van der Waals surface area contributed by atoms with Crippen LogP contribution in [0.5, 0.6) is 0 Å². The maximum absolute atomic E-state index is 5.56. The maximum Gasteiger partial charge on any atom is 0.0701 e. The van der Waals surface area contributed by atoms with Gasteiger partial charge in [0.15, 0.2) is 0 Å². The van der Waals surface area contributed by atoms with Crippen molar-refractivity contribution < 1.29 is 14.2 Å². The van der Waals surface area contributed by atoms with Gasteiger partial charge in [-0.25, -0.2) is 0 Å². The van der Waals surface area contributed by atoms with Crippen LogP contribution in [0.1, 0.15) is 31.9 Å². The molecule has 0 saturated carbocycles. The molecule has 1 N–H and O–H groups in total. The van der Waals surface area contributed by atoms with Crippen LogP contribution >= 0.6 is 0 Å². The molecule has 1 aromatic heterocycles. The highest BCUT2D eigenvalue weighted by atomic mass is 16.5. The Labute approximate surface area is 128 Å². The summed E-state index contributed by atoms with van der Waals surface area (Å²) in [5.74, 6) is 0. The number of rotatable bonds is 13.